The van der Waals surface area contributed by atoms with Crippen molar-refractivity contribution in [3.63, 3.8) is 0 Å². The van der Waals surface area contributed by atoms with Crippen LogP contribution >= 0.6 is 0 Å². The second-order valence-corrected chi connectivity index (χ2v) is 7.26. The highest BCUT2D eigenvalue weighted by Gasteiger charge is 2.15. The van der Waals surface area contributed by atoms with Gasteiger partial charge in [0.25, 0.3) is 0 Å². The van der Waals surface area contributed by atoms with Crippen LogP contribution in [0.1, 0.15) is 0 Å². The number of ether oxygens (including phenoxy) is 2. The minimum absolute atomic E-state index is 0.176. The monoisotopic (exact) mass is 404 g/mol. The van der Waals surface area contributed by atoms with Crippen LogP contribution in [0.15, 0.2) is 109 Å². The average Bonchev–Trinajstić information content (AvgIpc) is 2.83. The third-order valence-corrected chi connectivity index (χ3v) is 5.27. The third-order valence-electron chi connectivity index (χ3n) is 5.27. The van der Waals surface area contributed by atoms with Crippen LogP contribution in [0.3, 0.4) is 0 Å². The van der Waals surface area contributed by atoms with Crippen molar-refractivity contribution in [2.75, 3.05) is 6.61 Å². The van der Waals surface area contributed by atoms with Gasteiger partial charge in [0.05, 0.1) is 0 Å². The van der Waals surface area contributed by atoms with E-state index in [1.165, 1.54) is 0 Å². The lowest BCUT2D eigenvalue weighted by Gasteiger charge is -2.16. The van der Waals surface area contributed by atoms with E-state index in [1.54, 1.807) is 12.1 Å². The first-order valence-corrected chi connectivity index (χ1v) is 10.2. The fourth-order valence-electron chi connectivity index (χ4n) is 3.88. The summed E-state index contributed by atoms with van der Waals surface area (Å²) in [5, 5.41) is 4.48. The number of benzene rings is 5. The molecule has 0 bridgehead atoms. The fraction of sp³-hybridized carbons (Fsp3) is 0.0357. The van der Waals surface area contributed by atoms with Crippen molar-refractivity contribution in [3.05, 3.63) is 109 Å². The summed E-state index contributed by atoms with van der Waals surface area (Å²) in [5.41, 5.74) is 2.05. The Balaban J connectivity index is 1.55. The highest BCUT2D eigenvalue weighted by Crippen LogP contribution is 2.40. The molecule has 0 N–H and O–H groups in total. The molecule has 5 rings (SSSR count). The first-order valence-electron chi connectivity index (χ1n) is 10.2. The molecule has 0 unspecified atom stereocenters. The highest BCUT2D eigenvalue weighted by molar-refractivity contribution is 6.07. The summed E-state index contributed by atoms with van der Waals surface area (Å²) in [4.78, 5) is 12.4. The van der Waals surface area contributed by atoms with Crippen molar-refractivity contribution in [1.29, 1.82) is 0 Å². The van der Waals surface area contributed by atoms with Crippen molar-refractivity contribution in [2.45, 2.75) is 0 Å². The van der Waals surface area contributed by atoms with Gasteiger partial charge in [-0.15, -0.1) is 0 Å². The van der Waals surface area contributed by atoms with Gasteiger partial charge in [-0.3, -0.25) is 0 Å². The molecule has 0 aliphatic carbocycles. The van der Waals surface area contributed by atoms with Gasteiger partial charge in [-0.25, -0.2) is 4.79 Å². The lowest BCUT2D eigenvalue weighted by atomic mass is 9.93. The molecule has 5 aromatic carbocycles. The van der Waals surface area contributed by atoms with E-state index >= 15 is 0 Å². The molecule has 0 aliphatic rings. The molecular formula is C28H20O3. The number of fused-ring (bicyclic) bond motifs is 2. The van der Waals surface area contributed by atoms with Crippen LogP contribution in [0.5, 0.6) is 11.5 Å². The van der Waals surface area contributed by atoms with Crippen LogP contribution in [0, 0.1) is 0 Å². The molecule has 0 saturated heterocycles. The summed E-state index contributed by atoms with van der Waals surface area (Å²) in [5.74, 6) is 0.715. The van der Waals surface area contributed by atoms with Gasteiger partial charge >= 0.3 is 5.97 Å². The normalized spacial score (nSPS) is 10.8. The smallest absolute Gasteiger partial charge is 0.349 e. The average molecular weight is 404 g/mol. The fourth-order valence-corrected chi connectivity index (χ4v) is 3.88. The first-order chi connectivity index (χ1) is 15.3. The minimum Gasteiger partial charge on any atom is -0.481 e. The Morgan fingerprint density at radius 2 is 1.26 bits per heavy atom. The van der Waals surface area contributed by atoms with Gasteiger partial charge in [0, 0.05) is 5.56 Å². The standard InChI is InChI=1S/C28H20O3/c29-27(31-22-12-2-1-3-13-22)19-30-26-18-17-21-10-5-7-15-24(21)28(26)25-16-8-11-20-9-4-6-14-23(20)25/h1-18H,19H2. The molecule has 0 aromatic heterocycles. The van der Waals surface area contributed by atoms with Crippen LogP contribution < -0.4 is 9.47 Å². The molecule has 0 aliphatic heterocycles. The highest BCUT2D eigenvalue weighted by atomic mass is 16.6. The van der Waals surface area contributed by atoms with E-state index in [0.717, 1.165) is 32.7 Å². The van der Waals surface area contributed by atoms with Crippen molar-refractivity contribution < 1.29 is 14.3 Å². The lowest BCUT2D eigenvalue weighted by molar-refractivity contribution is -0.136. The van der Waals surface area contributed by atoms with Gasteiger partial charge < -0.3 is 9.47 Å². The van der Waals surface area contributed by atoms with Crippen LogP contribution in [0.2, 0.25) is 0 Å². The molecule has 0 heterocycles. The van der Waals surface area contributed by atoms with Crippen molar-refractivity contribution in [1.82, 2.24) is 0 Å². The van der Waals surface area contributed by atoms with E-state index in [-0.39, 0.29) is 6.61 Å². The van der Waals surface area contributed by atoms with E-state index < -0.39 is 5.97 Å². The Kier molecular flexibility index (Phi) is 5.07. The Bertz CT molecular complexity index is 1370. The maximum atomic E-state index is 12.4. The number of para-hydroxylation sites is 1. The Morgan fingerprint density at radius 3 is 2.06 bits per heavy atom. The maximum Gasteiger partial charge on any atom is 0.349 e. The van der Waals surface area contributed by atoms with Gasteiger partial charge in [-0.2, -0.15) is 0 Å². The van der Waals surface area contributed by atoms with E-state index in [4.69, 9.17) is 9.47 Å². The zero-order chi connectivity index (χ0) is 21.0. The number of hydrogen-bond acceptors (Lipinski definition) is 3. The summed E-state index contributed by atoms with van der Waals surface area (Å²) in [6.45, 7) is -0.176. The van der Waals surface area contributed by atoms with Crippen LogP contribution in [-0.4, -0.2) is 12.6 Å². The molecule has 3 heteroatoms. The van der Waals surface area contributed by atoms with E-state index in [0.29, 0.717) is 11.5 Å². The number of carbonyl (C=O) groups excluding carboxylic acids is 1. The lowest BCUT2D eigenvalue weighted by Crippen LogP contribution is -2.18. The topological polar surface area (TPSA) is 35.5 Å². The molecule has 31 heavy (non-hydrogen) atoms. The molecule has 0 atom stereocenters. The predicted molar refractivity (Wildman–Crippen MR) is 124 cm³/mol. The minimum atomic E-state index is -0.441. The molecule has 0 amide bonds. The van der Waals surface area contributed by atoms with E-state index in [1.807, 2.05) is 60.7 Å². The van der Waals surface area contributed by atoms with Crippen molar-refractivity contribution in [2.24, 2.45) is 0 Å². The largest absolute Gasteiger partial charge is 0.481 e. The van der Waals surface area contributed by atoms with Crippen molar-refractivity contribution in [3.8, 4) is 22.6 Å². The maximum absolute atomic E-state index is 12.4. The van der Waals surface area contributed by atoms with E-state index in [2.05, 4.69) is 36.4 Å². The number of rotatable bonds is 5. The summed E-state index contributed by atoms with van der Waals surface area (Å²) < 4.78 is 11.4. The SMILES string of the molecule is O=C(COc1ccc2ccccc2c1-c1cccc2ccccc12)Oc1ccccc1. The molecule has 150 valence electrons. The Labute approximate surface area is 180 Å². The molecule has 0 spiro atoms. The van der Waals surface area contributed by atoms with Crippen LogP contribution in [-0.2, 0) is 4.79 Å². The Morgan fingerprint density at radius 1 is 0.613 bits per heavy atom. The summed E-state index contributed by atoms with van der Waals surface area (Å²) in [6.07, 6.45) is 0. The van der Waals surface area contributed by atoms with Crippen LogP contribution in [0.4, 0.5) is 0 Å². The van der Waals surface area contributed by atoms with E-state index in [9.17, 15) is 4.79 Å². The number of hydrogen-bond donors (Lipinski definition) is 0. The predicted octanol–water partition coefficient (Wildman–Crippen LogP) is 6.64. The quantitative estimate of drug-likeness (QED) is 0.243. The molecule has 5 aromatic rings. The molecular weight excluding hydrogens is 384 g/mol. The molecule has 0 radical (unpaired) electrons. The second-order valence-electron chi connectivity index (χ2n) is 7.26. The first kappa shape index (κ1) is 18.9. The molecule has 3 nitrogen and oxygen atoms in total. The summed E-state index contributed by atoms with van der Waals surface area (Å²) >= 11 is 0. The summed E-state index contributed by atoms with van der Waals surface area (Å²) in [7, 11) is 0. The Hall–Kier alpha value is -4.11. The van der Waals surface area contributed by atoms with Crippen LogP contribution in [0.25, 0.3) is 32.7 Å². The van der Waals surface area contributed by atoms with Crippen molar-refractivity contribution >= 4 is 27.5 Å². The van der Waals surface area contributed by atoms with Gasteiger partial charge in [0.15, 0.2) is 6.61 Å². The number of esters is 1. The summed E-state index contributed by atoms with van der Waals surface area (Å²) in [6, 6.07) is 35.7. The zero-order valence-electron chi connectivity index (χ0n) is 16.8. The zero-order valence-corrected chi connectivity index (χ0v) is 16.8. The number of carbonyl (C=O) groups is 1. The van der Waals surface area contributed by atoms with Gasteiger partial charge in [0.2, 0.25) is 0 Å². The second kappa shape index (κ2) is 8.33. The van der Waals surface area contributed by atoms with Gasteiger partial charge in [-0.1, -0.05) is 91.0 Å². The molecule has 0 saturated carbocycles. The van der Waals surface area contributed by atoms with Gasteiger partial charge in [0.1, 0.15) is 11.5 Å². The van der Waals surface area contributed by atoms with Gasteiger partial charge in [-0.05, 0) is 45.3 Å². The molecule has 0 fully saturated rings. The third kappa shape index (κ3) is 3.86.